The zero-order chi connectivity index (χ0) is 25.8. The molecule has 1 heterocycles. The number of carboxylic acid groups (broad SMARTS) is 1. The van der Waals surface area contributed by atoms with Gasteiger partial charge in [0.1, 0.15) is 5.82 Å². The molecule has 1 atom stereocenters. The minimum absolute atomic E-state index is 0.0233. The first-order chi connectivity index (χ1) is 18.0. The van der Waals surface area contributed by atoms with Gasteiger partial charge in [-0.1, -0.05) is 24.3 Å². The summed E-state index contributed by atoms with van der Waals surface area (Å²) in [6, 6.07) is 19.6. The molecule has 7 heteroatoms. The molecule has 0 saturated carbocycles. The molecule has 0 aliphatic heterocycles. The molecule has 0 saturated heterocycles. The number of amides is 1. The monoisotopic (exact) mass is 497 g/mol. The lowest BCUT2D eigenvalue weighted by atomic mass is 9.87. The summed E-state index contributed by atoms with van der Waals surface area (Å²) in [5.74, 6) is -1.33. The van der Waals surface area contributed by atoms with E-state index < -0.39 is 5.97 Å². The van der Waals surface area contributed by atoms with Crippen molar-refractivity contribution in [3.8, 4) is 11.3 Å². The number of unbranched alkanes of at least 4 members (excludes halogenated alkanes) is 1. The van der Waals surface area contributed by atoms with E-state index >= 15 is 0 Å². The van der Waals surface area contributed by atoms with Crippen molar-refractivity contribution in [3.05, 3.63) is 94.9 Å². The van der Waals surface area contributed by atoms with E-state index in [0.29, 0.717) is 47.2 Å². The fourth-order valence-electron chi connectivity index (χ4n) is 4.96. The number of carbonyl (C=O) groups excluding carboxylic acids is 1. The van der Waals surface area contributed by atoms with Gasteiger partial charge in [0.25, 0.3) is 5.91 Å². The van der Waals surface area contributed by atoms with Gasteiger partial charge in [0, 0.05) is 17.5 Å². The molecule has 5 rings (SSSR count). The molecule has 1 aromatic heterocycles. The summed E-state index contributed by atoms with van der Waals surface area (Å²) in [5.41, 5.74) is 6.27. The number of aliphatic carboxylic acids is 1. The molecule has 0 bridgehead atoms. The fourth-order valence-corrected chi connectivity index (χ4v) is 4.96. The van der Waals surface area contributed by atoms with Crippen molar-refractivity contribution in [2.45, 2.75) is 51.0 Å². The van der Waals surface area contributed by atoms with E-state index in [0.717, 1.165) is 24.8 Å². The van der Waals surface area contributed by atoms with Crippen LogP contribution in [0.3, 0.4) is 0 Å². The minimum Gasteiger partial charge on any atom is -0.481 e. The second-order valence-corrected chi connectivity index (χ2v) is 9.45. The molecule has 0 radical (unpaired) electrons. The third-order valence-corrected chi connectivity index (χ3v) is 6.85. The largest absolute Gasteiger partial charge is 0.481 e. The van der Waals surface area contributed by atoms with Gasteiger partial charge < -0.3 is 10.4 Å². The van der Waals surface area contributed by atoms with Gasteiger partial charge in [-0.25, -0.2) is 14.4 Å². The highest BCUT2D eigenvalue weighted by Gasteiger charge is 2.22. The minimum atomic E-state index is -0.834. The number of nitrogens with zero attached hydrogens (tertiary/aromatic N) is 2. The van der Waals surface area contributed by atoms with Gasteiger partial charge in [-0.05, 0) is 92.1 Å². The second-order valence-electron chi connectivity index (χ2n) is 9.45. The Bertz CT molecular complexity index is 1450. The second kappa shape index (κ2) is 10.9. The summed E-state index contributed by atoms with van der Waals surface area (Å²) in [6.45, 7) is 0. The number of rotatable bonds is 8. The topological polar surface area (TPSA) is 92.2 Å². The predicted molar refractivity (Wildman–Crippen MR) is 140 cm³/mol. The van der Waals surface area contributed by atoms with Gasteiger partial charge in [0.15, 0.2) is 0 Å². The zero-order valence-corrected chi connectivity index (χ0v) is 20.4. The Labute approximate surface area is 214 Å². The number of aryl methyl sites for hydroxylation is 2. The molecule has 4 aromatic rings. The van der Waals surface area contributed by atoms with Crippen molar-refractivity contribution in [2.24, 2.45) is 0 Å². The van der Waals surface area contributed by atoms with Crippen LogP contribution >= 0.6 is 0 Å². The van der Waals surface area contributed by atoms with Crippen LogP contribution in [0, 0.1) is 5.82 Å². The van der Waals surface area contributed by atoms with E-state index in [2.05, 4.69) is 17.4 Å². The molecule has 1 aliphatic rings. The molecule has 0 fully saturated rings. The van der Waals surface area contributed by atoms with Gasteiger partial charge in [0.05, 0.1) is 28.5 Å². The van der Waals surface area contributed by atoms with Crippen LogP contribution in [-0.2, 0) is 17.6 Å². The van der Waals surface area contributed by atoms with Gasteiger partial charge in [-0.15, -0.1) is 0 Å². The Kier molecular flexibility index (Phi) is 7.21. The van der Waals surface area contributed by atoms with Crippen LogP contribution in [0.2, 0.25) is 0 Å². The molecule has 0 unspecified atom stereocenters. The number of benzene rings is 3. The third-order valence-electron chi connectivity index (χ3n) is 6.85. The third kappa shape index (κ3) is 5.66. The summed E-state index contributed by atoms with van der Waals surface area (Å²) in [5, 5.41) is 12.2. The van der Waals surface area contributed by atoms with Crippen LogP contribution in [0.5, 0.6) is 0 Å². The number of hydrogen-bond donors (Lipinski definition) is 2. The number of carboxylic acids is 1. The molecule has 1 aliphatic carbocycles. The number of aromatic nitrogens is 2. The highest BCUT2D eigenvalue weighted by Crippen LogP contribution is 2.30. The molecule has 2 N–H and O–H groups in total. The lowest BCUT2D eigenvalue weighted by Crippen LogP contribution is -2.31. The van der Waals surface area contributed by atoms with Crippen molar-refractivity contribution in [2.75, 3.05) is 0 Å². The van der Waals surface area contributed by atoms with Crippen molar-refractivity contribution in [1.82, 2.24) is 15.3 Å². The van der Waals surface area contributed by atoms with E-state index in [1.807, 2.05) is 12.1 Å². The number of nitrogens with one attached hydrogen (secondary N) is 1. The molecule has 188 valence electrons. The molecule has 3 aromatic carbocycles. The Hall–Kier alpha value is -4.13. The first-order valence-corrected chi connectivity index (χ1v) is 12.6. The number of fused-ring (bicyclic) bond motifs is 2. The fraction of sp³-hybridized carbons (Fsp3) is 0.267. The average Bonchev–Trinajstić information content (AvgIpc) is 2.91. The van der Waals surface area contributed by atoms with Crippen molar-refractivity contribution < 1.29 is 19.1 Å². The maximum absolute atomic E-state index is 13.5. The Morgan fingerprint density at radius 2 is 1.78 bits per heavy atom. The first kappa shape index (κ1) is 24.6. The van der Waals surface area contributed by atoms with Crippen molar-refractivity contribution >= 4 is 22.9 Å². The van der Waals surface area contributed by atoms with Crippen LogP contribution in [0.15, 0.2) is 66.7 Å². The molecule has 37 heavy (non-hydrogen) atoms. The van der Waals surface area contributed by atoms with Crippen LogP contribution in [-0.4, -0.2) is 27.0 Å². The van der Waals surface area contributed by atoms with E-state index in [1.165, 1.54) is 23.3 Å². The van der Waals surface area contributed by atoms with Crippen LogP contribution in [0.4, 0.5) is 4.39 Å². The number of halogens is 1. The maximum Gasteiger partial charge on any atom is 0.303 e. The van der Waals surface area contributed by atoms with Crippen molar-refractivity contribution in [3.63, 3.8) is 0 Å². The van der Waals surface area contributed by atoms with Gasteiger partial charge in [-0.3, -0.25) is 9.59 Å². The first-order valence-electron chi connectivity index (χ1n) is 12.6. The Balaban J connectivity index is 1.43. The Morgan fingerprint density at radius 3 is 2.59 bits per heavy atom. The summed E-state index contributed by atoms with van der Waals surface area (Å²) >= 11 is 0. The van der Waals surface area contributed by atoms with E-state index in [1.54, 1.807) is 30.3 Å². The standard InChI is InChI=1S/C30H28FN3O3/c31-22-15-12-20(13-16-22)29-26(9-3-4-11-28(35)36)32-27-18-21(14-17-25(27)33-29)30(37)34-24-10-5-7-19-6-1-2-8-23(19)24/h1-2,6,8,12-18,24H,3-5,7,9-11H2,(H,34,37)(H,35,36)/t24-/m1/s1. The molecule has 1 amide bonds. The van der Waals surface area contributed by atoms with Gasteiger partial charge in [-0.2, -0.15) is 0 Å². The van der Waals surface area contributed by atoms with E-state index in [-0.39, 0.29) is 24.2 Å². The lowest BCUT2D eigenvalue weighted by molar-refractivity contribution is -0.137. The van der Waals surface area contributed by atoms with Crippen LogP contribution in [0.25, 0.3) is 22.3 Å². The van der Waals surface area contributed by atoms with E-state index in [9.17, 15) is 14.0 Å². The normalized spacial score (nSPS) is 14.8. The Morgan fingerprint density at radius 1 is 0.973 bits per heavy atom. The summed E-state index contributed by atoms with van der Waals surface area (Å²) < 4.78 is 13.5. The van der Waals surface area contributed by atoms with Crippen molar-refractivity contribution in [1.29, 1.82) is 0 Å². The van der Waals surface area contributed by atoms with Crippen LogP contribution in [0.1, 0.15) is 65.3 Å². The summed E-state index contributed by atoms with van der Waals surface area (Å²) in [7, 11) is 0. The average molecular weight is 498 g/mol. The van der Waals surface area contributed by atoms with Gasteiger partial charge in [0.2, 0.25) is 0 Å². The highest BCUT2D eigenvalue weighted by molar-refractivity contribution is 5.97. The molecule has 6 nitrogen and oxygen atoms in total. The predicted octanol–water partition coefficient (Wildman–Crippen LogP) is 6.04. The lowest BCUT2D eigenvalue weighted by Gasteiger charge is -2.26. The maximum atomic E-state index is 13.5. The molecular formula is C30H28FN3O3. The quantitative estimate of drug-likeness (QED) is 0.290. The number of carbonyl (C=O) groups is 2. The smallest absolute Gasteiger partial charge is 0.303 e. The summed E-state index contributed by atoms with van der Waals surface area (Å²) in [4.78, 5) is 33.7. The summed E-state index contributed by atoms with van der Waals surface area (Å²) in [6.07, 6.45) is 4.71. The number of hydrogen-bond acceptors (Lipinski definition) is 4. The highest BCUT2D eigenvalue weighted by atomic mass is 19.1. The zero-order valence-electron chi connectivity index (χ0n) is 20.4. The molecular weight excluding hydrogens is 469 g/mol. The molecule has 0 spiro atoms. The van der Waals surface area contributed by atoms with Crippen LogP contribution < -0.4 is 5.32 Å². The van der Waals surface area contributed by atoms with Gasteiger partial charge >= 0.3 is 5.97 Å². The SMILES string of the molecule is O=C(O)CCCCc1nc2cc(C(=O)N[C@@H]3CCCc4ccccc43)ccc2nc1-c1ccc(F)cc1. The van der Waals surface area contributed by atoms with E-state index in [4.69, 9.17) is 15.1 Å².